The number of nitrogens with zero attached hydrogens (tertiary/aromatic N) is 4. The molecule has 0 spiro atoms. The third kappa shape index (κ3) is 3.49. The predicted octanol–water partition coefficient (Wildman–Crippen LogP) is -0.680. The van der Waals surface area contributed by atoms with Crippen LogP contribution in [0.1, 0.15) is 26.1 Å². The van der Waals surface area contributed by atoms with E-state index in [2.05, 4.69) is 39.8 Å². The lowest BCUT2D eigenvalue weighted by Crippen LogP contribution is -2.34. The lowest BCUT2D eigenvalue weighted by Gasteiger charge is -2.18. The molecule has 8 nitrogen and oxygen atoms in total. The molecule has 1 aliphatic heterocycles. The van der Waals surface area contributed by atoms with E-state index in [4.69, 9.17) is 0 Å². The first-order valence-electron chi connectivity index (χ1n) is 6.34. The van der Waals surface area contributed by atoms with E-state index in [1.807, 2.05) is 0 Å². The molecule has 0 saturated carbocycles. The zero-order chi connectivity index (χ0) is 13.8. The van der Waals surface area contributed by atoms with E-state index in [0.717, 1.165) is 0 Å². The topological polar surface area (TPSA) is 104 Å². The monoisotopic (exact) mass is 266 g/mol. The molecule has 1 aliphatic rings. The first-order valence-corrected chi connectivity index (χ1v) is 6.34. The lowest BCUT2D eigenvalue weighted by molar-refractivity contribution is -0.129. The minimum atomic E-state index is -0.279. The minimum absolute atomic E-state index is 0.0495. The molecule has 0 aromatic carbocycles. The molecule has 2 heterocycles. The number of rotatable bonds is 5. The Hall–Kier alpha value is -1.99. The van der Waals surface area contributed by atoms with Gasteiger partial charge in [0.1, 0.15) is 0 Å². The molecule has 0 aliphatic carbocycles. The molecule has 1 aromatic heterocycles. The summed E-state index contributed by atoms with van der Waals surface area (Å²) in [4.78, 5) is 25.5. The van der Waals surface area contributed by atoms with E-state index < -0.39 is 0 Å². The van der Waals surface area contributed by atoms with Crippen LogP contribution in [0.15, 0.2) is 0 Å². The van der Waals surface area contributed by atoms with E-state index in [0.29, 0.717) is 24.8 Å². The fraction of sp³-hybridized carbons (Fsp3) is 0.727. The summed E-state index contributed by atoms with van der Waals surface area (Å²) >= 11 is 0. The Kier molecular flexibility index (Phi) is 4.08. The summed E-state index contributed by atoms with van der Waals surface area (Å²) in [6.45, 7) is 5.53. The van der Waals surface area contributed by atoms with Crippen LogP contribution in [0.5, 0.6) is 0 Å². The Bertz CT molecular complexity index is 444. The summed E-state index contributed by atoms with van der Waals surface area (Å²) in [5.41, 5.74) is 0. The van der Waals surface area contributed by atoms with Crippen LogP contribution in [0, 0.1) is 11.8 Å². The van der Waals surface area contributed by atoms with Crippen molar-refractivity contribution in [1.29, 1.82) is 0 Å². The van der Waals surface area contributed by atoms with Crippen molar-refractivity contribution in [2.45, 2.75) is 26.8 Å². The quantitative estimate of drug-likeness (QED) is 0.735. The number of hydrogen-bond acceptors (Lipinski definition) is 5. The van der Waals surface area contributed by atoms with Crippen LogP contribution in [0.4, 0.5) is 0 Å². The van der Waals surface area contributed by atoms with Gasteiger partial charge in [-0.1, -0.05) is 19.1 Å². The van der Waals surface area contributed by atoms with E-state index in [9.17, 15) is 9.59 Å². The van der Waals surface area contributed by atoms with Crippen LogP contribution in [0.2, 0.25) is 0 Å². The van der Waals surface area contributed by atoms with Crippen LogP contribution < -0.4 is 5.32 Å². The summed E-state index contributed by atoms with van der Waals surface area (Å²) in [5, 5.41) is 15.9. The Morgan fingerprint density at radius 1 is 1.58 bits per heavy atom. The summed E-state index contributed by atoms with van der Waals surface area (Å²) < 4.78 is 0. The van der Waals surface area contributed by atoms with Crippen molar-refractivity contribution >= 4 is 11.8 Å². The maximum absolute atomic E-state index is 11.9. The molecule has 0 radical (unpaired) electrons. The molecule has 1 aromatic rings. The first kappa shape index (κ1) is 13.4. The standard InChI is InChI=1S/C11H18N6O2/c1-7(2)5-17-6-8(3-10(17)18)11(19)12-4-9-13-15-16-14-9/h7-8H,3-6H2,1-2H3,(H,12,19)(H,13,14,15,16). The van der Waals surface area contributed by atoms with Gasteiger partial charge in [0.25, 0.3) is 0 Å². The smallest absolute Gasteiger partial charge is 0.225 e. The molecule has 1 unspecified atom stereocenters. The second-order valence-electron chi connectivity index (χ2n) is 5.14. The van der Waals surface area contributed by atoms with Gasteiger partial charge in [0.15, 0.2) is 5.82 Å². The highest BCUT2D eigenvalue weighted by Crippen LogP contribution is 2.19. The van der Waals surface area contributed by atoms with Crippen molar-refractivity contribution in [3.8, 4) is 0 Å². The van der Waals surface area contributed by atoms with E-state index >= 15 is 0 Å². The number of H-pyrrole nitrogens is 1. The van der Waals surface area contributed by atoms with Crippen LogP contribution in [-0.2, 0) is 16.1 Å². The van der Waals surface area contributed by atoms with Gasteiger partial charge in [-0.3, -0.25) is 9.59 Å². The number of hydrogen-bond donors (Lipinski definition) is 2. The van der Waals surface area contributed by atoms with Gasteiger partial charge < -0.3 is 10.2 Å². The van der Waals surface area contributed by atoms with Crippen LogP contribution in [0.25, 0.3) is 0 Å². The number of tetrazole rings is 1. The van der Waals surface area contributed by atoms with Gasteiger partial charge in [-0.25, -0.2) is 0 Å². The summed E-state index contributed by atoms with van der Waals surface area (Å²) in [5.74, 6) is 0.470. The number of amides is 2. The SMILES string of the molecule is CC(C)CN1CC(C(=O)NCc2nn[nH]n2)CC1=O. The average Bonchev–Trinajstić information content (AvgIpc) is 2.96. The molecule has 1 atom stereocenters. The van der Waals surface area contributed by atoms with E-state index in [-0.39, 0.29) is 30.7 Å². The molecular formula is C11H18N6O2. The second-order valence-corrected chi connectivity index (χ2v) is 5.14. The average molecular weight is 266 g/mol. The second kappa shape index (κ2) is 5.77. The number of likely N-dealkylation sites (tertiary alicyclic amines) is 1. The summed E-state index contributed by atoms with van der Waals surface area (Å²) in [6.07, 6.45) is 0.283. The Balaban J connectivity index is 1.82. The maximum atomic E-state index is 11.9. The molecule has 2 rings (SSSR count). The number of nitrogens with one attached hydrogen (secondary N) is 2. The Morgan fingerprint density at radius 3 is 3.00 bits per heavy atom. The zero-order valence-corrected chi connectivity index (χ0v) is 11.1. The molecule has 19 heavy (non-hydrogen) atoms. The number of carbonyl (C=O) groups is 2. The van der Waals surface area contributed by atoms with Crippen LogP contribution >= 0.6 is 0 Å². The minimum Gasteiger partial charge on any atom is -0.348 e. The fourth-order valence-corrected chi connectivity index (χ4v) is 2.13. The molecule has 0 bridgehead atoms. The van der Waals surface area contributed by atoms with Gasteiger partial charge in [0.05, 0.1) is 12.5 Å². The van der Waals surface area contributed by atoms with Crippen LogP contribution in [-0.4, -0.2) is 50.4 Å². The van der Waals surface area contributed by atoms with E-state index in [1.165, 1.54) is 0 Å². The fourth-order valence-electron chi connectivity index (χ4n) is 2.13. The van der Waals surface area contributed by atoms with Gasteiger partial charge >= 0.3 is 0 Å². The third-order valence-electron chi connectivity index (χ3n) is 2.98. The number of carbonyl (C=O) groups excluding carboxylic acids is 2. The van der Waals surface area contributed by atoms with Gasteiger partial charge in [-0.15, -0.1) is 10.2 Å². The van der Waals surface area contributed by atoms with Gasteiger partial charge in [0, 0.05) is 19.5 Å². The number of aromatic amines is 1. The molecule has 2 amide bonds. The highest BCUT2D eigenvalue weighted by Gasteiger charge is 2.34. The Labute approximate surface area is 110 Å². The van der Waals surface area contributed by atoms with Gasteiger partial charge in [-0.2, -0.15) is 5.21 Å². The summed E-state index contributed by atoms with van der Waals surface area (Å²) in [6, 6.07) is 0. The van der Waals surface area contributed by atoms with Gasteiger partial charge in [-0.05, 0) is 5.92 Å². The molecule has 104 valence electrons. The van der Waals surface area contributed by atoms with Crippen molar-refractivity contribution in [3.05, 3.63) is 5.82 Å². The molecule has 2 N–H and O–H groups in total. The lowest BCUT2D eigenvalue weighted by atomic mass is 10.1. The van der Waals surface area contributed by atoms with Gasteiger partial charge in [0.2, 0.25) is 11.8 Å². The molecule has 8 heteroatoms. The summed E-state index contributed by atoms with van der Waals surface area (Å²) in [7, 11) is 0. The largest absolute Gasteiger partial charge is 0.348 e. The highest BCUT2D eigenvalue weighted by molar-refractivity contribution is 5.89. The normalized spacial score (nSPS) is 19.2. The Morgan fingerprint density at radius 2 is 2.37 bits per heavy atom. The zero-order valence-electron chi connectivity index (χ0n) is 11.1. The van der Waals surface area contributed by atoms with Crippen molar-refractivity contribution in [3.63, 3.8) is 0 Å². The highest BCUT2D eigenvalue weighted by atomic mass is 16.2. The molecule has 1 saturated heterocycles. The van der Waals surface area contributed by atoms with Crippen molar-refractivity contribution in [2.75, 3.05) is 13.1 Å². The third-order valence-corrected chi connectivity index (χ3v) is 2.98. The van der Waals surface area contributed by atoms with Crippen molar-refractivity contribution in [2.24, 2.45) is 11.8 Å². The van der Waals surface area contributed by atoms with Crippen molar-refractivity contribution < 1.29 is 9.59 Å². The molecular weight excluding hydrogens is 248 g/mol. The van der Waals surface area contributed by atoms with Crippen molar-refractivity contribution in [1.82, 2.24) is 30.8 Å². The van der Waals surface area contributed by atoms with Crippen LogP contribution in [0.3, 0.4) is 0 Å². The maximum Gasteiger partial charge on any atom is 0.225 e. The molecule has 1 fully saturated rings. The first-order chi connectivity index (χ1) is 9.06. The van der Waals surface area contributed by atoms with E-state index in [1.54, 1.807) is 4.90 Å². The number of aromatic nitrogens is 4. The predicted molar refractivity (Wildman–Crippen MR) is 65.5 cm³/mol.